The quantitative estimate of drug-likeness (QED) is 0.894. The number of benzene rings is 1. The molecule has 2 saturated heterocycles. The molecule has 1 aromatic rings. The Bertz CT molecular complexity index is 572. The molecule has 0 radical (unpaired) electrons. The van der Waals surface area contributed by atoms with Gasteiger partial charge in [-0.1, -0.05) is 12.1 Å². The molecule has 1 N–H and O–H groups in total. The van der Waals surface area contributed by atoms with E-state index in [1.807, 2.05) is 24.3 Å². The Labute approximate surface area is 134 Å². The van der Waals surface area contributed by atoms with Gasteiger partial charge in [0.2, 0.25) is 5.91 Å². The molecular weight excluding hydrogens is 300 g/mol. The summed E-state index contributed by atoms with van der Waals surface area (Å²) in [6.07, 6.45) is 2.09. The number of para-hydroxylation sites is 2. The second kappa shape index (κ2) is 5.66. The van der Waals surface area contributed by atoms with Crippen LogP contribution in [0.3, 0.4) is 0 Å². The molecule has 0 aliphatic carbocycles. The maximum atomic E-state index is 11.4. The summed E-state index contributed by atoms with van der Waals surface area (Å²) in [6.45, 7) is 3.47. The van der Waals surface area contributed by atoms with Gasteiger partial charge in [0.15, 0.2) is 11.5 Å². The molecule has 0 bridgehead atoms. The molecule has 3 aliphatic heterocycles. The lowest BCUT2D eigenvalue weighted by Crippen LogP contribution is -2.52. The molecule has 1 atom stereocenters. The summed E-state index contributed by atoms with van der Waals surface area (Å²) in [5.74, 6) is 2.46. The van der Waals surface area contributed by atoms with Crippen molar-refractivity contribution >= 4 is 17.7 Å². The third kappa shape index (κ3) is 2.77. The molecule has 22 heavy (non-hydrogen) atoms. The van der Waals surface area contributed by atoms with Crippen molar-refractivity contribution in [3.63, 3.8) is 0 Å². The number of nitrogens with zero attached hydrogens (tertiary/aromatic N) is 1. The molecule has 0 saturated carbocycles. The lowest BCUT2D eigenvalue weighted by Gasteiger charge is -2.40. The minimum atomic E-state index is -0.00982. The van der Waals surface area contributed by atoms with Gasteiger partial charge in [0.25, 0.3) is 0 Å². The number of nitrogens with one attached hydrogen (secondary N) is 1. The standard InChI is InChI=1S/C16H20N2O3S/c19-15-11-22-16(17-15)5-7-18(8-6-16)9-12-10-20-13-3-1-2-4-14(13)21-12/h1-4,12H,5-11H2,(H,17,19)/t12-/m1/s1. The maximum absolute atomic E-state index is 11.4. The Morgan fingerprint density at radius 3 is 2.77 bits per heavy atom. The molecule has 5 nitrogen and oxygen atoms in total. The molecule has 1 aromatic carbocycles. The van der Waals surface area contributed by atoms with Crippen LogP contribution in [0.5, 0.6) is 11.5 Å². The zero-order valence-electron chi connectivity index (χ0n) is 12.4. The number of hydrogen-bond acceptors (Lipinski definition) is 5. The average molecular weight is 320 g/mol. The molecule has 1 spiro atoms. The van der Waals surface area contributed by atoms with E-state index in [1.54, 1.807) is 11.8 Å². The first-order valence-corrected chi connectivity index (χ1v) is 8.77. The van der Waals surface area contributed by atoms with Crippen molar-refractivity contribution in [3.05, 3.63) is 24.3 Å². The van der Waals surface area contributed by atoms with E-state index in [2.05, 4.69) is 10.2 Å². The number of likely N-dealkylation sites (tertiary alicyclic amines) is 1. The lowest BCUT2D eigenvalue weighted by atomic mass is 10.0. The van der Waals surface area contributed by atoms with Crippen LogP contribution in [-0.4, -0.2) is 53.8 Å². The summed E-state index contributed by atoms with van der Waals surface area (Å²) < 4.78 is 11.8. The second-order valence-electron chi connectivity index (χ2n) is 6.13. The predicted octanol–water partition coefficient (Wildman–Crippen LogP) is 1.48. The summed E-state index contributed by atoms with van der Waals surface area (Å²) in [6, 6.07) is 7.82. The summed E-state index contributed by atoms with van der Waals surface area (Å²) in [5, 5.41) is 3.15. The van der Waals surface area contributed by atoms with Crippen LogP contribution < -0.4 is 14.8 Å². The van der Waals surface area contributed by atoms with Crippen LogP contribution in [-0.2, 0) is 4.79 Å². The maximum Gasteiger partial charge on any atom is 0.231 e. The number of ether oxygens (including phenoxy) is 2. The Kier molecular flexibility index (Phi) is 3.66. The fourth-order valence-electron chi connectivity index (χ4n) is 3.34. The van der Waals surface area contributed by atoms with Crippen molar-refractivity contribution in [2.45, 2.75) is 23.8 Å². The summed E-state index contributed by atoms with van der Waals surface area (Å²) >= 11 is 1.77. The monoisotopic (exact) mass is 320 g/mol. The summed E-state index contributed by atoms with van der Waals surface area (Å²) in [5.41, 5.74) is 0. The Hall–Kier alpha value is -1.40. The summed E-state index contributed by atoms with van der Waals surface area (Å²) in [7, 11) is 0. The van der Waals surface area contributed by atoms with Crippen LogP contribution >= 0.6 is 11.8 Å². The van der Waals surface area contributed by atoms with Crippen LogP contribution in [0.15, 0.2) is 24.3 Å². The molecule has 118 valence electrons. The number of piperidine rings is 1. The van der Waals surface area contributed by atoms with Crippen LogP contribution in [0.1, 0.15) is 12.8 Å². The van der Waals surface area contributed by atoms with E-state index in [-0.39, 0.29) is 16.9 Å². The normalized spacial score (nSPS) is 26.9. The lowest BCUT2D eigenvalue weighted by molar-refractivity contribution is -0.119. The average Bonchev–Trinajstić information content (AvgIpc) is 2.91. The largest absolute Gasteiger partial charge is 0.486 e. The molecule has 0 unspecified atom stereocenters. The fourth-order valence-corrected chi connectivity index (χ4v) is 4.47. The number of carbonyl (C=O) groups excluding carboxylic acids is 1. The first-order chi connectivity index (χ1) is 10.7. The zero-order chi connectivity index (χ0) is 15.0. The van der Waals surface area contributed by atoms with Gasteiger partial charge in [-0.25, -0.2) is 0 Å². The van der Waals surface area contributed by atoms with Gasteiger partial charge in [0, 0.05) is 19.6 Å². The molecule has 4 rings (SSSR count). The van der Waals surface area contributed by atoms with E-state index < -0.39 is 0 Å². The molecule has 3 aliphatic rings. The second-order valence-corrected chi connectivity index (χ2v) is 7.49. The number of rotatable bonds is 2. The number of hydrogen-bond donors (Lipinski definition) is 1. The third-order valence-corrected chi connectivity index (χ3v) is 6.01. The van der Waals surface area contributed by atoms with E-state index in [4.69, 9.17) is 9.47 Å². The highest BCUT2D eigenvalue weighted by Gasteiger charge is 2.41. The van der Waals surface area contributed by atoms with Gasteiger partial charge in [0.1, 0.15) is 12.7 Å². The van der Waals surface area contributed by atoms with Gasteiger partial charge < -0.3 is 14.8 Å². The van der Waals surface area contributed by atoms with E-state index in [1.165, 1.54) is 0 Å². The molecule has 1 amide bonds. The summed E-state index contributed by atoms with van der Waals surface area (Å²) in [4.78, 5) is 13.9. The highest BCUT2D eigenvalue weighted by atomic mass is 32.2. The van der Waals surface area contributed by atoms with Crippen molar-refractivity contribution in [3.8, 4) is 11.5 Å². The predicted molar refractivity (Wildman–Crippen MR) is 85.4 cm³/mol. The minimum Gasteiger partial charge on any atom is -0.486 e. The SMILES string of the molecule is O=C1CSC2(CCN(C[C@@H]3COc4ccccc4O3)CC2)N1. The van der Waals surface area contributed by atoms with Crippen molar-refractivity contribution in [2.75, 3.05) is 32.0 Å². The van der Waals surface area contributed by atoms with Gasteiger partial charge in [-0.05, 0) is 25.0 Å². The number of thioether (sulfide) groups is 1. The van der Waals surface area contributed by atoms with Gasteiger partial charge in [-0.2, -0.15) is 0 Å². The van der Waals surface area contributed by atoms with Crippen molar-refractivity contribution in [2.24, 2.45) is 0 Å². The topological polar surface area (TPSA) is 50.8 Å². The molecular formula is C16H20N2O3S. The van der Waals surface area contributed by atoms with Crippen molar-refractivity contribution < 1.29 is 14.3 Å². The Balaban J connectivity index is 1.32. The van der Waals surface area contributed by atoms with Crippen molar-refractivity contribution in [1.29, 1.82) is 0 Å². The highest BCUT2D eigenvalue weighted by molar-refractivity contribution is 8.01. The highest BCUT2D eigenvalue weighted by Crippen LogP contribution is 2.37. The van der Waals surface area contributed by atoms with E-state index >= 15 is 0 Å². The van der Waals surface area contributed by atoms with Gasteiger partial charge >= 0.3 is 0 Å². The van der Waals surface area contributed by atoms with Gasteiger partial charge in [0.05, 0.1) is 10.6 Å². The van der Waals surface area contributed by atoms with Gasteiger partial charge in [-0.3, -0.25) is 9.69 Å². The first kappa shape index (κ1) is 14.2. The molecule has 3 heterocycles. The van der Waals surface area contributed by atoms with Crippen LogP contribution in [0.2, 0.25) is 0 Å². The van der Waals surface area contributed by atoms with Crippen LogP contribution in [0.4, 0.5) is 0 Å². The third-order valence-electron chi connectivity index (χ3n) is 4.54. The van der Waals surface area contributed by atoms with E-state index in [0.29, 0.717) is 12.4 Å². The first-order valence-electron chi connectivity index (χ1n) is 7.78. The Morgan fingerprint density at radius 2 is 2.05 bits per heavy atom. The van der Waals surface area contributed by atoms with Crippen molar-refractivity contribution in [1.82, 2.24) is 10.2 Å². The molecule has 0 aromatic heterocycles. The smallest absolute Gasteiger partial charge is 0.231 e. The van der Waals surface area contributed by atoms with E-state index in [9.17, 15) is 4.79 Å². The molecule has 6 heteroatoms. The fraction of sp³-hybridized carbons (Fsp3) is 0.562. The zero-order valence-corrected chi connectivity index (χ0v) is 13.2. The van der Waals surface area contributed by atoms with E-state index in [0.717, 1.165) is 44.0 Å². The Morgan fingerprint density at radius 1 is 1.27 bits per heavy atom. The number of fused-ring (bicyclic) bond motifs is 1. The molecule has 2 fully saturated rings. The number of carbonyl (C=O) groups is 1. The van der Waals surface area contributed by atoms with Gasteiger partial charge in [-0.15, -0.1) is 11.8 Å². The van der Waals surface area contributed by atoms with Crippen LogP contribution in [0.25, 0.3) is 0 Å². The number of amides is 1. The minimum absolute atomic E-state index is 0.00982. The van der Waals surface area contributed by atoms with Crippen LogP contribution in [0, 0.1) is 0 Å².